The molecule has 0 heterocycles. The second-order valence-corrected chi connectivity index (χ2v) is 3.80. The van der Waals surface area contributed by atoms with Crippen LogP contribution in [0.4, 0.5) is 0 Å². The van der Waals surface area contributed by atoms with Crippen LogP contribution in [-0.2, 0) is 22.7 Å². The summed E-state index contributed by atoms with van der Waals surface area (Å²) in [7, 11) is 3.34. The van der Waals surface area contributed by atoms with Crippen LogP contribution in [0.2, 0.25) is 0 Å². The van der Waals surface area contributed by atoms with Gasteiger partial charge in [-0.25, -0.2) is 0 Å². The van der Waals surface area contributed by atoms with Crippen LogP contribution in [0, 0.1) is 0 Å². The van der Waals surface area contributed by atoms with Crippen LogP contribution >= 0.6 is 0 Å². The molecule has 0 aliphatic heterocycles. The fourth-order valence-electron chi connectivity index (χ4n) is 1.58. The summed E-state index contributed by atoms with van der Waals surface area (Å²) in [5.41, 5.74) is 2.40. The summed E-state index contributed by atoms with van der Waals surface area (Å²) >= 11 is 0. The Morgan fingerprint density at radius 3 is 2.65 bits per heavy atom. The molecule has 0 unspecified atom stereocenters. The van der Waals surface area contributed by atoms with Gasteiger partial charge in [0.05, 0.1) is 6.61 Å². The summed E-state index contributed by atoms with van der Waals surface area (Å²) in [6, 6.07) is 8.14. The van der Waals surface area contributed by atoms with Crippen LogP contribution < -0.4 is 10.6 Å². The number of hydrogen-bond donors (Lipinski definition) is 2. The van der Waals surface area contributed by atoms with Gasteiger partial charge in [-0.3, -0.25) is 4.79 Å². The Bertz CT molecular complexity index is 353. The smallest absolute Gasteiger partial charge is 0.221 e. The molecule has 4 nitrogen and oxygen atoms in total. The van der Waals surface area contributed by atoms with Crippen molar-refractivity contribution >= 4 is 5.91 Å². The lowest BCUT2D eigenvalue weighted by Gasteiger charge is -2.09. The van der Waals surface area contributed by atoms with Crippen LogP contribution in [0.5, 0.6) is 0 Å². The van der Waals surface area contributed by atoms with E-state index in [4.69, 9.17) is 4.74 Å². The lowest BCUT2D eigenvalue weighted by atomic mass is 10.1. The molecule has 0 aliphatic carbocycles. The number of nitrogens with one attached hydrogen (secondary N) is 2. The zero-order valence-corrected chi connectivity index (χ0v) is 10.5. The van der Waals surface area contributed by atoms with Crippen molar-refractivity contribution in [2.75, 3.05) is 20.7 Å². The third kappa shape index (κ3) is 4.97. The van der Waals surface area contributed by atoms with E-state index in [9.17, 15) is 4.79 Å². The number of rotatable bonds is 7. The molecular weight excluding hydrogens is 216 g/mol. The Hall–Kier alpha value is -1.39. The van der Waals surface area contributed by atoms with Crippen molar-refractivity contribution in [1.82, 2.24) is 10.6 Å². The van der Waals surface area contributed by atoms with Crippen LogP contribution in [0.3, 0.4) is 0 Å². The zero-order valence-electron chi connectivity index (χ0n) is 10.5. The summed E-state index contributed by atoms with van der Waals surface area (Å²) in [6.07, 6.45) is 0.503. The number of ether oxygens (including phenoxy) is 1. The summed E-state index contributed by atoms with van der Waals surface area (Å²) in [6.45, 7) is 2.06. The van der Waals surface area contributed by atoms with Crippen LogP contribution in [0.1, 0.15) is 17.5 Å². The molecule has 0 aromatic heterocycles. The first-order valence-corrected chi connectivity index (χ1v) is 5.75. The van der Waals surface area contributed by atoms with E-state index in [1.807, 2.05) is 12.1 Å². The largest absolute Gasteiger partial charge is 0.380 e. The van der Waals surface area contributed by atoms with Crippen LogP contribution in [0.15, 0.2) is 24.3 Å². The molecule has 1 aromatic carbocycles. The molecule has 0 atom stereocenters. The Morgan fingerprint density at radius 1 is 1.29 bits per heavy atom. The molecule has 1 amide bonds. The number of carbonyl (C=O) groups excluding carboxylic acids is 1. The lowest BCUT2D eigenvalue weighted by molar-refractivity contribution is -0.120. The van der Waals surface area contributed by atoms with Gasteiger partial charge in [0, 0.05) is 33.7 Å². The van der Waals surface area contributed by atoms with E-state index < -0.39 is 0 Å². The second kappa shape index (κ2) is 7.81. The minimum Gasteiger partial charge on any atom is -0.380 e. The number of amides is 1. The molecule has 4 heteroatoms. The molecule has 0 aliphatic rings. The number of hydrogen-bond acceptors (Lipinski definition) is 3. The molecule has 0 saturated heterocycles. The van der Waals surface area contributed by atoms with Gasteiger partial charge >= 0.3 is 0 Å². The van der Waals surface area contributed by atoms with Gasteiger partial charge in [-0.1, -0.05) is 24.3 Å². The SMILES string of the molecule is CNC(=O)CCNCc1ccccc1COC. The molecule has 0 bridgehead atoms. The van der Waals surface area contributed by atoms with E-state index in [-0.39, 0.29) is 5.91 Å². The Labute approximate surface area is 102 Å². The number of benzene rings is 1. The van der Waals surface area contributed by atoms with Gasteiger partial charge in [0.25, 0.3) is 0 Å². The van der Waals surface area contributed by atoms with Crippen molar-refractivity contribution in [2.24, 2.45) is 0 Å². The fraction of sp³-hybridized carbons (Fsp3) is 0.462. The van der Waals surface area contributed by atoms with E-state index in [1.165, 1.54) is 11.1 Å². The van der Waals surface area contributed by atoms with E-state index in [2.05, 4.69) is 22.8 Å². The van der Waals surface area contributed by atoms with Crippen molar-refractivity contribution in [1.29, 1.82) is 0 Å². The van der Waals surface area contributed by atoms with Gasteiger partial charge in [-0.15, -0.1) is 0 Å². The topological polar surface area (TPSA) is 50.4 Å². The van der Waals surface area contributed by atoms with Crippen molar-refractivity contribution in [3.63, 3.8) is 0 Å². The fourth-order valence-corrected chi connectivity index (χ4v) is 1.58. The highest BCUT2D eigenvalue weighted by Gasteiger charge is 2.01. The normalized spacial score (nSPS) is 10.2. The first-order valence-electron chi connectivity index (χ1n) is 5.75. The zero-order chi connectivity index (χ0) is 12.5. The maximum absolute atomic E-state index is 11.0. The van der Waals surface area contributed by atoms with Gasteiger partial charge in [0.15, 0.2) is 0 Å². The predicted molar refractivity (Wildman–Crippen MR) is 67.5 cm³/mol. The van der Waals surface area contributed by atoms with Crippen molar-refractivity contribution in [3.8, 4) is 0 Å². The van der Waals surface area contributed by atoms with Gasteiger partial charge < -0.3 is 15.4 Å². The summed E-state index contributed by atoms with van der Waals surface area (Å²) in [4.78, 5) is 11.0. The summed E-state index contributed by atoms with van der Waals surface area (Å²) in [5, 5.41) is 5.85. The highest BCUT2D eigenvalue weighted by Crippen LogP contribution is 2.09. The summed E-state index contributed by atoms with van der Waals surface area (Å²) < 4.78 is 5.14. The van der Waals surface area contributed by atoms with E-state index in [1.54, 1.807) is 14.2 Å². The standard InChI is InChI=1S/C13H20N2O2/c1-14-13(16)7-8-15-9-11-5-3-4-6-12(11)10-17-2/h3-6,15H,7-10H2,1-2H3,(H,14,16). The van der Waals surface area contributed by atoms with Gasteiger partial charge in [-0.05, 0) is 11.1 Å². The molecular formula is C13H20N2O2. The highest BCUT2D eigenvalue weighted by molar-refractivity contribution is 5.75. The third-order valence-corrected chi connectivity index (χ3v) is 2.54. The molecule has 1 aromatic rings. The van der Waals surface area contributed by atoms with Crippen LogP contribution in [0.25, 0.3) is 0 Å². The third-order valence-electron chi connectivity index (χ3n) is 2.54. The maximum Gasteiger partial charge on any atom is 0.221 e. The Balaban J connectivity index is 2.38. The minimum absolute atomic E-state index is 0.0580. The van der Waals surface area contributed by atoms with Gasteiger partial charge in [0.1, 0.15) is 0 Å². The number of carbonyl (C=O) groups is 1. The van der Waals surface area contributed by atoms with Crippen LogP contribution in [-0.4, -0.2) is 26.6 Å². The minimum atomic E-state index is 0.0580. The highest BCUT2D eigenvalue weighted by atomic mass is 16.5. The Kier molecular flexibility index (Phi) is 6.29. The Morgan fingerprint density at radius 2 is 2.00 bits per heavy atom. The average molecular weight is 236 g/mol. The molecule has 94 valence electrons. The van der Waals surface area contributed by atoms with Crippen molar-refractivity contribution in [2.45, 2.75) is 19.6 Å². The molecule has 0 saturated carbocycles. The molecule has 0 spiro atoms. The van der Waals surface area contributed by atoms with E-state index in [0.717, 1.165) is 6.54 Å². The molecule has 0 radical (unpaired) electrons. The monoisotopic (exact) mass is 236 g/mol. The average Bonchev–Trinajstić information content (AvgIpc) is 2.36. The van der Waals surface area contributed by atoms with Gasteiger partial charge in [-0.2, -0.15) is 0 Å². The molecule has 0 fully saturated rings. The molecule has 1 rings (SSSR count). The van der Waals surface area contributed by atoms with Crippen molar-refractivity contribution in [3.05, 3.63) is 35.4 Å². The lowest BCUT2D eigenvalue weighted by Crippen LogP contribution is -2.24. The van der Waals surface area contributed by atoms with Crippen molar-refractivity contribution < 1.29 is 9.53 Å². The second-order valence-electron chi connectivity index (χ2n) is 3.80. The number of methoxy groups -OCH3 is 1. The molecule has 17 heavy (non-hydrogen) atoms. The first-order chi connectivity index (χ1) is 8.27. The quantitative estimate of drug-likeness (QED) is 0.696. The van der Waals surface area contributed by atoms with Gasteiger partial charge in [0.2, 0.25) is 5.91 Å². The molecule has 2 N–H and O–H groups in total. The maximum atomic E-state index is 11.0. The van der Waals surface area contributed by atoms with E-state index >= 15 is 0 Å². The summed E-state index contributed by atoms with van der Waals surface area (Å²) in [5.74, 6) is 0.0580. The predicted octanol–water partition coefficient (Wildman–Crippen LogP) is 1.06. The van der Waals surface area contributed by atoms with E-state index in [0.29, 0.717) is 19.6 Å². The first kappa shape index (κ1) is 13.7.